The topological polar surface area (TPSA) is 56.7 Å². The lowest BCUT2D eigenvalue weighted by atomic mass is 9.99. The van der Waals surface area contributed by atoms with Crippen LogP contribution in [0.4, 0.5) is 0 Å². The highest BCUT2D eigenvalue weighted by atomic mass is 16.3. The van der Waals surface area contributed by atoms with Crippen LogP contribution in [0.1, 0.15) is 0 Å². The van der Waals surface area contributed by atoms with E-state index in [9.17, 15) is 0 Å². The minimum atomic E-state index is 0.598. The van der Waals surface area contributed by atoms with Crippen LogP contribution in [-0.4, -0.2) is 19.5 Å². The molecule has 0 bridgehead atoms. The van der Waals surface area contributed by atoms with Crippen LogP contribution in [-0.2, 0) is 0 Å². The fraction of sp³-hybridized carbons (Fsp3) is 0. The van der Waals surface area contributed by atoms with Crippen molar-refractivity contribution in [1.29, 1.82) is 0 Å². The fourth-order valence-corrected chi connectivity index (χ4v) is 8.77. The van der Waals surface area contributed by atoms with Crippen molar-refractivity contribution < 1.29 is 4.42 Å². The predicted molar refractivity (Wildman–Crippen MR) is 230 cm³/mol. The Morgan fingerprint density at radius 2 is 0.875 bits per heavy atom. The van der Waals surface area contributed by atoms with Gasteiger partial charge >= 0.3 is 0 Å². The van der Waals surface area contributed by atoms with Crippen molar-refractivity contribution in [2.75, 3.05) is 0 Å². The molecule has 5 nitrogen and oxygen atoms in total. The normalized spacial score (nSPS) is 11.9. The van der Waals surface area contributed by atoms with Crippen LogP contribution >= 0.6 is 0 Å². The van der Waals surface area contributed by atoms with E-state index in [0.717, 1.165) is 66.1 Å². The Balaban J connectivity index is 1.17. The van der Waals surface area contributed by atoms with Crippen LogP contribution in [0.15, 0.2) is 186 Å². The minimum absolute atomic E-state index is 0.598. The first-order valence-electron chi connectivity index (χ1n) is 18.9. The van der Waals surface area contributed by atoms with Crippen LogP contribution in [0, 0.1) is 0 Å². The van der Waals surface area contributed by atoms with E-state index in [1.165, 1.54) is 32.3 Å². The average molecular weight is 715 g/mol. The summed E-state index contributed by atoms with van der Waals surface area (Å²) < 4.78 is 9.31. The van der Waals surface area contributed by atoms with Crippen LogP contribution in [0.5, 0.6) is 0 Å². The van der Waals surface area contributed by atoms with Crippen LogP contribution in [0.25, 0.3) is 116 Å². The highest BCUT2D eigenvalue weighted by Crippen LogP contribution is 2.45. The number of hydrogen-bond acceptors (Lipinski definition) is 4. The summed E-state index contributed by atoms with van der Waals surface area (Å²) in [5.41, 5.74) is 7.72. The average Bonchev–Trinajstić information content (AvgIpc) is 3.83. The van der Waals surface area contributed by atoms with Gasteiger partial charge in [0.15, 0.2) is 17.5 Å². The number of nitrogens with zero attached hydrogens (tertiary/aromatic N) is 4. The Kier molecular flexibility index (Phi) is 6.56. The highest BCUT2D eigenvalue weighted by molar-refractivity contribution is 6.30. The van der Waals surface area contributed by atoms with Gasteiger partial charge in [0, 0.05) is 49.7 Å². The van der Waals surface area contributed by atoms with E-state index in [1.54, 1.807) is 0 Å². The van der Waals surface area contributed by atoms with Crippen LogP contribution in [0.2, 0.25) is 0 Å². The molecular formula is C51H30N4O. The van der Waals surface area contributed by atoms with E-state index in [-0.39, 0.29) is 0 Å². The summed E-state index contributed by atoms with van der Waals surface area (Å²) in [6, 6.07) is 63.7. The van der Waals surface area contributed by atoms with Crippen molar-refractivity contribution in [3.63, 3.8) is 0 Å². The number of hydrogen-bond donors (Lipinski definition) is 0. The summed E-state index contributed by atoms with van der Waals surface area (Å²) in [6.45, 7) is 0. The number of furan rings is 1. The highest BCUT2D eigenvalue weighted by Gasteiger charge is 2.23. The maximum absolute atomic E-state index is 6.87. The summed E-state index contributed by atoms with van der Waals surface area (Å²) >= 11 is 0. The zero-order valence-corrected chi connectivity index (χ0v) is 30.0. The lowest BCUT2D eigenvalue weighted by molar-refractivity contribution is 0.669. The maximum Gasteiger partial charge on any atom is 0.164 e. The quantitative estimate of drug-likeness (QED) is 0.182. The Hall–Kier alpha value is -7.63. The van der Waals surface area contributed by atoms with Gasteiger partial charge in [-0.05, 0) is 45.1 Å². The minimum Gasteiger partial charge on any atom is -0.456 e. The predicted octanol–water partition coefficient (Wildman–Crippen LogP) is 13.3. The molecule has 0 saturated carbocycles. The number of benzene rings is 9. The summed E-state index contributed by atoms with van der Waals surface area (Å²) in [7, 11) is 0. The van der Waals surface area contributed by atoms with E-state index >= 15 is 0 Å². The smallest absolute Gasteiger partial charge is 0.164 e. The largest absolute Gasteiger partial charge is 0.456 e. The summed E-state index contributed by atoms with van der Waals surface area (Å²) in [4.78, 5) is 15.2. The third-order valence-electron chi connectivity index (χ3n) is 11.2. The molecule has 3 heterocycles. The third-order valence-corrected chi connectivity index (χ3v) is 11.2. The second-order valence-electron chi connectivity index (χ2n) is 14.3. The van der Waals surface area contributed by atoms with E-state index in [4.69, 9.17) is 19.4 Å². The second kappa shape index (κ2) is 11.9. The van der Waals surface area contributed by atoms with Gasteiger partial charge in [0.25, 0.3) is 0 Å². The monoisotopic (exact) mass is 714 g/mol. The molecule has 0 aliphatic heterocycles. The molecular weight excluding hydrogens is 685 g/mol. The zero-order chi connectivity index (χ0) is 36.7. The molecule has 0 aliphatic carbocycles. The van der Waals surface area contributed by atoms with Gasteiger partial charge in [0.1, 0.15) is 11.2 Å². The molecule has 0 spiro atoms. The maximum atomic E-state index is 6.87. The molecule has 3 aromatic heterocycles. The molecule has 0 N–H and O–H groups in total. The zero-order valence-electron chi connectivity index (χ0n) is 30.0. The molecule has 0 amide bonds. The van der Waals surface area contributed by atoms with Crippen molar-refractivity contribution in [2.45, 2.75) is 0 Å². The molecule has 56 heavy (non-hydrogen) atoms. The van der Waals surface area contributed by atoms with Crippen molar-refractivity contribution in [2.24, 2.45) is 0 Å². The fourth-order valence-electron chi connectivity index (χ4n) is 8.77. The molecule has 260 valence electrons. The van der Waals surface area contributed by atoms with E-state index in [0.29, 0.717) is 17.5 Å². The Bertz CT molecular complexity index is 3380. The molecule has 5 heteroatoms. The Morgan fingerprint density at radius 1 is 0.357 bits per heavy atom. The van der Waals surface area contributed by atoms with Gasteiger partial charge in [-0.25, -0.2) is 15.0 Å². The van der Waals surface area contributed by atoms with Gasteiger partial charge in [-0.1, -0.05) is 158 Å². The van der Waals surface area contributed by atoms with Crippen molar-refractivity contribution in [3.05, 3.63) is 182 Å². The lowest BCUT2D eigenvalue weighted by Crippen LogP contribution is -2.00. The molecule has 12 aromatic rings. The standard InChI is InChI=1S/C51H30N4O/c1-3-16-33(17-4-1)49-52-50(34-18-5-2-6-19-34)54-51(53-49)39-24-13-25-43-48(39)47-38-23-12-11-22-37(38)42(30-44(47)56-43)55-40-28-26-31-14-7-9-20-35(31)45(40)46-36-21-10-8-15-32(36)27-29-41(46)55/h1-30H. The Morgan fingerprint density at radius 3 is 1.48 bits per heavy atom. The lowest BCUT2D eigenvalue weighted by Gasteiger charge is -2.13. The van der Waals surface area contributed by atoms with Gasteiger partial charge in [0.2, 0.25) is 0 Å². The van der Waals surface area contributed by atoms with Gasteiger partial charge in [0.05, 0.1) is 16.7 Å². The number of fused-ring (bicyclic) bond motifs is 12. The van der Waals surface area contributed by atoms with Gasteiger partial charge in [-0.3, -0.25) is 0 Å². The number of aromatic nitrogens is 4. The first-order valence-corrected chi connectivity index (χ1v) is 18.9. The van der Waals surface area contributed by atoms with E-state index < -0.39 is 0 Å². The van der Waals surface area contributed by atoms with E-state index in [1.807, 2.05) is 72.8 Å². The third kappa shape index (κ3) is 4.52. The first-order chi connectivity index (χ1) is 27.8. The molecule has 0 unspecified atom stereocenters. The first kappa shape index (κ1) is 30.8. The molecule has 12 rings (SSSR count). The van der Waals surface area contributed by atoms with Gasteiger partial charge in [-0.2, -0.15) is 0 Å². The molecule has 0 atom stereocenters. The second-order valence-corrected chi connectivity index (χ2v) is 14.3. The number of rotatable bonds is 4. The van der Waals surface area contributed by atoms with Crippen LogP contribution in [0.3, 0.4) is 0 Å². The molecule has 0 fully saturated rings. The molecule has 9 aromatic carbocycles. The van der Waals surface area contributed by atoms with Gasteiger partial charge < -0.3 is 8.98 Å². The molecule has 0 radical (unpaired) electrons. The van der Waals surface area contributed by atoms with Crippen molar-refractivity contribution in [3.8, 4) is 39.9 Å². The summed E-state index contributed by atoms with van der Waals surface area (Å²) in [5, 5.41) is 11.7. The van der Waals surface area contributed by atoms with E-state index in [2.05, 4.69) is 114 Å². The summed E-state index contributed by atoms with van der Waals surface area (Å²) in [6.07, 6.45) is 0. The Labute approximate surface area is 320 Å². The molecule has 0 saturated heterocycles. The van der Waals surface area contributed by atoms with Crippen molar-refractivity contribution >= 4 is 76.1 Å². The summed E-state index contributed by atoms with van der Waals surface area (Å²) in [5.74, 6) is 1.84. The van der Waals surface area contributed by atoms with Crippen molar-refractivity contribution in [1.82, 2.24) is 19.5 Å². The van der Waals surface area contributed by atoms with Crippen LogP contribution < -0.4 is 0 Å². The van der Waals surface area contributed by atoms with Gasteiger partial charge in [-0.15, -0.1) is 0 Å². The SMILES string of the molecule is c1ccc(-c2nc(-c3ccccc3)nc(-c3cccc4oc5cc(-n6c7ccc8ccccc8c7c7c8ccccc8ccc76)c6ccccc6c5c34)n2)cc1. The molecule has 0 aliphatic rings.